The van der Waals surface area contributed by atoms with Crippen LogP contribution >= 0.6 is 11.6 Å². The fourth-order valence-corrected chi connectivity index (χ4v) is 2.27. The second-order valence-corrected chi connectivity index (χ2v) is 5.29. The van der Waals surface area contributed by atoms with Gasteiger partial charge in [0, 0.05) is 24.8 Å². The van der Waals surface area contributed by atoms with Crippen molar-refractivity contribution in [3.8, 4) is 0 Å². The summed E-state index contributed by atoms with van der Waals surface area (Å²) in [7, 11) is 1.52. The van der Waals surface area contributed by atoms with Crippen molar-refractivity contribution in [2.45, 2.75) is 6.10 Å². The van der Waals surface area contributed by atoms with Crippen LogP contribution in [0.3, 0.4) is 0 Å². The highest BCUT2D eigenvalue weighted by molar-refractivity contribution is 6.32. The molecule has 5 heteroatoms. The Labute approximate surface area is 139 Å². The van der Waals surface area contributed by atoms with Crippen molar-refractivity contribution in [3.05, 3.63) is 76.6 Å². The molecule has 3 nitrogen and oxygen atoms in total. The molecule has 0 aliphatic carbocycles. The molecule has 0 saturated carbocycles. The third-order valence-electron chi connectivity index (χ3n) is 3.29. The fourth-order valence-electron chi connectivity index (χ4n) is 2.07. The van der Waals surface area contributed by atoms with Gasteiger partial charge in [-0.15, -0.1) is 0 Å². The number of hydrogen-bond acceptors (Lipinski definition) is 2. The van der Waals surface area contributed by atoms with E-state index < -0.39 is 6.10 Å². The smallest absolute Gasteiger partial charge is 0.244 e. The second kappa shape index (κ2) is 8.46. The van der Waals surface area contributed by atoms with Crippen LogP contribution in [0.1, 0.15) is 17.2 Å². The Hall–Kier alpha value is -2.17. The Morgan fingerprint density at radius 2 is 2.09 bits per heavy atom. The molecule has 2 aromatic carbocycles. The van der Waals surface area contributed by atoms with E-state index in [9.17, 15) is 9.18 Å². The number of rotatable bonds is 6. The molecule has 2 aromatic rings. The van der Waals surface area contributed by atoms with Crippen LogP contribution < -0.4 is 5.32 Å². The van der Waals surface area contributed by atoms with Gasteiger partial charge in [-0.05, 0) is 35.4 Å². The molecular formula is C18H17ClFNO2. The first-order valence-electron chi connectivity index (χ1n) is 7.09. The number of carbonyl (C=O) groups is 1. The van der Waals surface area contributed by atoms with Crippen LogP contribution in [-0.4, -0.2) is 19.6 Å². The van der Waals surface area contributed by atoms with Crippen LogP contribution in [-0.2, 0) is 9.53 Å². The Kier molecular flexibility index (Phi) is 6.32. The number of carbonyl (C=O) groups excluding carboxylic acids is 1. The molecule has 0 aromatic heterocycles. The van der Waals surface area contributed by atoms with Crippen molar-refractivity contribution in [2.75, 3.05) is 13.7 Å². The Morgan fingerprint density at radius 1 is 1.30 bits per heavy atom. The van der Waals surface area contributed by atoms with Gasteiger partial charge in [-0.2, -0.15) is 0 Å². The number of hydrogen-bond donors (Lipinski definition) is 1. The summed E-state index contributed by atoms with van der Waals surface area (Å²) < 4.78 is 18.5. The van der Waals surface area contributed by atoms with Gasteiger partial charge in [-0.3, -0.25) is 4.79 Å². The van der Waals surface area contributed by atoms with Crippen LogP contribution in [0.2, 0.25) is 5.02 Å². The van der Waals surface area contributed by atoms with Gasteiger partial charge in [0.2, 0.25) is 5.91 Å². The monoisotopic (exact) mass is 333 g/mol. The highest BCUT2D eigenvalue weighted by atomic mass is 35.5. The molecule has 2 rings (SSSR count). The standard InChI is InChI=1S/C18H17ClFNO2/c1-23-17(14-6-4-7-15(20)11-14)12-21-18(22)10-9-13-5-2-3-8-16(13)19/h2-11,17H,12H2,1H3,(H,21,22)/b10-9+. The van der Waals surface area contributed by atoms with Crippen LogP contribution in [0.25, 0.3) is 6.08 Å². The number of amides is 1. The number of methoxy groups -OCH3 is 1. The predicted octanol–water partition coefficient (Wildman–Crippen LogP) is 4.00. The van der Waals surface area contributed by atoms with E-state index in [0.29, 0.717) is 10.6 Å². The minimum Gasteiger partial charge on any atom is -0.375 e. The molecule has 1 N–H and O–H groups in total. The SMILES string of the molecule is COC(CNC(=O)/C=C/c1ccccc1Cl)c1cccc(F)c1. The summed E-state index contributed by atoms with van der Waals surface area (Å²) in [5, 5.41) is 3.30. The van der Waals surface area contributed by atoms with Crippen molar-refractivity contribution in [1.82, 2.24) is 5.32 Å². The summed E-state index contributed by atoms with van der Waals surface area (Å²) in [5.41, 5.74) is 1.43. The lowest BCUT2D eigenvalue weighted by molar-refractivity contribution is -0.117. The maximum Gasteiger partial charge on any atom is 0.244 e. The van der Waals surface area contributed by atoms with Gasteiger partial charge in [-0.25, -0.2) is 4.39 Å². The van der Waals surface area contributed by atoms with E-state index >= 15 is 0 Å². The molecule has 23 heavy (non-hydrogen) atoms. The average molecular weight is 334 g/mol. The first-order valence-corrected chi connectivity index (χ1v) is 7.46. The van der Waals surface area contributed by atoms with Crippen molar-refractivity contribution in [3.63, 3.8) is 0 Å². The van der Waals surface area contributed by atoms with E-state index in [2.05, 4.69) is 5.32 Å². The highest BCUT2D eigenvalue weighted by Crippen LogP contribution is 2.17. The molecule has 0 heterocycles. The second-order valence-electron chi connectivity index (χ2n) is 4.88. The lowest BCUT2D eigenvalue weighted by Crippen LogP contribution is -2.27. The predicted molar refractivity (Wildman–Crippen MR) is 89.6 cm³/mol. The summed E-state index contributed by atoms with van der Waals surface area (Å²) in [4.78, 5) is 11.9. The zero-order valence-corrected chi connectivity index (χ0v) is 13.4. The van der Waals surface area contributed by atoms with E-state index in [0.717, 1.165) is 5.56 Å². The molecule has 1 atom stereocenters. The zero-order chi connectivity index (χ0) is 16.7. The fraction of sp³-hybridized carbons (Fsp3) is 0.167. The average Bonchev–Trinajstić information content (AvgIpc) is 2.55. The summed E-state index contributed by atoms with van der Waals surface area (Å²) in [6, 6.07) is 13.3. The molecule has 1 unspecified atom stereocenters. The third kappa shape index (κ3) is 5.20. The Balaban J connectivity index is 1.94. The summed E-state index contributed by atoms with van der Waals surface area (Å²) >= 11 is 6.01. The maximum absolute atomic E-state index is 13.2. The summed E-state index contributed by atoms with van der Waals surface area (Å²) in [5.74, 6) is -0.613. The van der Waals surface area contributed by atoms with Gasteiger partial charge in [0.15, 0.2) is 0 Å². The quantitative estimate of drug-likeness (QED) is 0.812. The van der Waals surface area contributed by atoms with Crippen LogP contribution in [0.15, 0.2) is 54.6 Å². The van der Waals surface area contributed by atoms with Gasteiger partial charge < -0.3 is 10.1 Å². The van der Waals surface area contributed by atoms with Crippen molar-refractivity contribution < 1.29 is 13.9 Å². The largest absolute Gasteiger partial charge is 0.375 e. The number of halogens is 2. The third-order valence-corrected chi connectivity index (χ3v) is 3.63. The number of ether oxygens (including phenoxy) is 1. The lowest BCUT2D eigenvalue weighted by Gasteiger charge is -2.16. The summed E-state index contributed by atoms with van der Waals surface area (Å²) in [6.07, 6.45) is 2.63. The first-order chi connectivity index (χ1) is 11.1. The van der Waals surface area contributed by atoms with E-state index in [1.54, 1.807) is 24.3 Å². The van der Waals surface area contributed by atoms with Crippen molar-refractivity contribution >= 4 is 23.6 Å². The minimum absolute atomic E-state index is 0.242. The van der Waals surface area contributed by atoms with Crippen LogP contribution in [0.5, 0.6) is 0 Å². The van der Waals surface area contributed by atoms with E-state index in [1.807, 2.05) is 18.2 Å². The molecule has 0 spiro atoms. The molecule has 0 radical (unpaired) electrons. The molecule has 120 valence electrons. The minimum atomic E-state index is -0.414. The Morgan fingerprint density at radius 3 is 2.78 bits per heavy atom. The zero-order valence-electron chi connectivity index (χ0n) is 12.6. The Bertz CT molecular complexity index is 703. The van der Waals surface area contributed by atoms with Crippen molar-refractivity contribution in [1.29, 1.82) is 0 Å². The molecule has 1 amide bonds. The van der Waals surface area contributed by atoms with Gasteiger partial charge in [0.25, 0.3) is 0 Å². The van der Waals surface area contributed by atoms with Crippen LogP contribution in [0.4, 0.5) is 4.39 Å². The van der Waals surface area contributed by atoms with Gasteiger partial charge in [-0.1, -0.05) is 41.9 Å². The maximum atomic E-state index is 13.2. The van der Waals surface area contributed by atoms with Gasteiger partial charge in [0.1, 0.15) is 5.82 Å². The van der Waals surface area contributed by atoms with Crippen molar-refractivity contribution in [2.24, 2.45) is 0 Å². The van der Waals surface area contributed by atoms with Crippen LogP contribution in [0, 0.1) is 5.82 Å². The molecule has 0 aliphatic rings. The van der Waals surface area contributed by atoms with E-state index in [1.165, 1.54) is 25.3 Å². The molecule has 0 saturated heterocycles. The molecular weight excluding hydrogens is 317 g/mol. The summed E-state index contributed by atoms with van der Waals surface area (Å²) in [6.45, 7) is 0.242. The topological polar surface area (TPSA) is 38.3 Å². The number of nitrogens with one attached hydrogen (secondary N) is 1. The highest BCUT2D eigenvalue weighted by Gasteiger charge is 2.11. The molecule has 0 aliphatic heterocycles. The van der Waals surface area contributed by atoms with E-state index in [-0.39, 0.29) is 18.3 Å². The normalized spacial score (nSPS) is 12.3. The number of benzene rings is 2. The van der Waals surface area contributed by atoms with Gasteiger partial charge >= 0.3 is 0 Å². The first kappa shape index (κ1) is 17.2. The van der Waals surface area contributed by atoms with E-state index in [4.69, 9.17) is 16.3 Å². The molecule has 0 fully saturated rings. The van der Waals surface area contributed by atoms with Gasteiger partial charge in [0.05, 0.1) is 6.10 Å². The molecule has 0 bridgehead atoms. The lowest BCUT2D eigenvalue weighted by atomic mass is 10.1.